The van der Waals surface area contributed by atoms with Crippen LogP contribution in [0.4, 0.5) is 5.69 Å². The average molecular weight is 330 g/mol. The van der Waals surface area contributed by atoms with Crippen LogP contribution < -0.4 is 16.4 Å². The van der Waals surface area contributed by atoms with E-state index in [0.717, 1.165) is 4.47 Å². The van der Waals surface area contributed by atoms with Crippen LogP contribution in [-0.2, 0) is 9.59 Å². The van der Waals surface area contributed by atoms with E-state index in [2.05, 4.69) is 15.9 Å². The van der Waals surface area contributed by atoms with Crippen molar-refractivity contribution in [3.05, 3.63) is 28.2 Å². The molecule has 0 heterocycles. The number of aliphatic hydroxyl groups excluding tert-OH is 1. The molecule has 0 bridgehead atoms. The van der Waals surface area contributed by atoms with E-state index in [4.69, 9.17) is 11.5 Å². The van der Waals surface area contributed by atoms with Gasteiger partial charge in [0, 0.05) is 15.7 Å². The Morgan fingerprint density at radius 3 is 2.26 bits per heavy atom. The van der Waals surface area contributed by atoms with Gasteiger partial charge in [0.15, 0.2) is 0 Å². The molecule has 5 N–H and O–H groups in total. The largest absolute Gasteiger partial charge is 0.389 e. The van der Waals surface area contributed by atoms with Gasteiger partial charge in [-0.25, -0.2) is 0 Å². The normalized spacial score (nSPS) is 11.9. The summed E-state index contributed by atoms with van der Waals surface area (Å²) in [4.78, 5) is 23.6. The summed E-state index contributed by atoms with van der Waals surface area (Å²) in [5, 5.41) is 9.74. The molecule has 19 heavy (non-hydrogen) atoms. The zero-order valence-electron chi connectivity index (χ0n) is 10.5. The number of aliphatic hydroxyl groups is 1. The third-order valence-electron chi connectivity index (χ3n) is 2.48. The van der Waals surface area contributed by atoms with Crippen molar-refractivity contribution < 1.29 is 14.7 Å². The van der Waals surface area contributed by atoms with E-state index >= 15 is 0 Å². The molecular weight excluding hydrogens is 314 g/mol. The SMILES string of the molecule is CC(O)c1ccc(Br)cc1N(CC(N)=O)CC(N)=O. The molecule has 1 atom stereocenters. The number of anilines is 1. The van der Waals surface area contributed by atoms with E-state index in [1.807, 2.05) is 0 Å². The highest BCUT2D eigenvalue weighted by Crippen LogP contribution is 2.29. The summed E-state index contributed by atoms with van der Waals surface area (Å²) in [5.74, 6) is -1.17. The maximum atomic E-state index is 11.1. The molecule has 6 nitrogen and oxygen atoms in total. The highest BCUT2D eigenvalue weighted by atomic mass is 79.9. The standard InChI is InChI=1S/C12H16BrN3O3/c1-7(17)9-3-2-8(13)4-10(9)16(5-11(14)18)6-12(15)19/h2-4,7,17H,5-6H2,1H3,(H2,14,18)(H2,15,19). The Morgan fingerprint density at radius 2 is 1.84 bits per heavy atom. The topological polar surface area (TPSA) is 110 Å². The minimum atomic E-state index is -0.744. The minimum absolute atomic E-state index is 0.154. The van der Waals surface area contributed by atoms with Crippen molar-refractivity contribution in [2.75, 3.05) is 18.0 Å². The van der Waals surface area contributed by atoms with Crippen LogP contribution in [0.25, 0.3) is 0 Å². The van der Waals surface area contributed by atoms with E-state index < -0.39 is 17.9 Å². The van der Waals surface area contributed by atoms with Gasteiger partial charge >= 0.3 is 0 Å². The lowest BCUT2D eigenvalue weighted by Gasteiger charge is -2.25. The van der Waals surface area contributed by atoms with E-state index in [-0.39, 0.29) is 13.1 Å². The van der Waals surface area contributed by atoms with Gasteiger partial charge in [-0.2, -0.15) is 0 Å². The van der Waals surface area contributed by atoms with Crippen molar-refractivity contribution in [2.24, 2.45) is 11.5 Å². The fraction of sp³-hybridized carbons (Fsp3) is 0.333. The molecule has 0 saturated heterocycles. The summed E-state index contributed by atoms with van der Waals surface area (Å²) < 4.78 is 0.755. The van der Waals surface area contributed by atoms with Gasteiger partial charge in [-0.15, -0.1) is 0 Å². The lowest BCUT2D eigenvalue weighted by atomic mass is 10.1. The molecule has 1 unspecified atom stereocenters. The van der Waals surface area contributed by atoms with Gasteiger partial charge in [0.05, 0.1) is 19.2 Å². The highest BCUT2D eigenvalue weighted by molar-refractivity contribution is 9.10. The van der Waals surface area contributed by atoms with Gasteiger partial charge in [-0.1, -0.05) is 22.0 Å². The molecule has 0 radical (unpaired) electrons. The van der Waals surface area contributed by atoms with Gasteiger partial charge in [0.2, 0.25) is 11.8 Å². The van der Waals surface area contributed by atoms with Gasteiger partial charge in [0.25, 0.3) is 0 Å². The molecule has 104 valence electrons. The molecule has 0 aliphatic heterocycles. The number of benzene rings is 1. The summed E-state index contributed by atoms with van der Waals surface area (Å²) in [7, 11) is 0. The summed E-state index contributed by atoms with van der Waals surface area (Å²) in [5.41, 5.74) is 11.5. The number of nitrogens with zero attached hydrogens (tertiary/aromatic N) is 1. The molecule has 0 saturated carbocycles. The highest BCUT2D eigenvalue weighted by Gasteiger charge is 2.18. The van der Waals surface area contributed by atoms with Gasteiger partial charge < -0.3 is 21.5 Å². The maximum absolute atomic E-state index is 11.1. The van der Waals surface area contributed by atoms with E-state index in [0.29, 0.717) is 11.3 Å². The van der Waals surface area contributed by atoms with Gasteiger partial charge in [0.1, 0.15) is 0 Å². The Morgan fingerprint density at radius 1 is 1.32 bits per heavy atom. The van der Waals surface area contributed by atoms with Crippen LogP contribution in [0.2, 0.25) is 0 Å². The lowest BCUT2D eigenvalue weighted by molar-refractivity contribution is -0.117. The fourth-order valence-electron chi connectivity index (χ4n) is 1.75. The predicted molar refractivity (Wildman–Crippen MR) is 75.4 cm³/mol. The van der Waals surface area contributed by atoms with Crippen LogP contribution in [0.5, 0.6) is 0 Å². The van der Waals surface area contributed by atoms with E-state index in [1.165, 1.54) is 4.90 Å². The van der Waals surface area contributed by atoms with Gasteiger partial charge in [-0.3, -0.25) is 9.59 Å². The number of nitrogens with two attached hydrogens (primary N) is 2. The van der Waals surface area contributed by atoms with E-state index in [9.17, 15) is 14.7 Å². The third-order valence-corrected chi connectivity index (χ3v) is 2.97. The molecular formula is C12H16BrN3O3. The number of amides is 2. The van der Waals surface area contributed by atoms with Crippen molar-refractivity contribution >= 4 is 33.4 Å². The summed E-state index contributed by atoms with van der Waals surface area (Å²) in [6.07, 6.45) is -0.744. The molecule has 7 heteroatoms. The summed E-state index contributed by atoms with van der Waals surface area (Å²) in [6.45, 7) is 1.29. The molecule has 1 aromatic rings. The zero-order valence-corrected chi connectivity index (χ0v) is 12.1. The Kier molecular flexibility index (Phi) is 5.31. The second-order valence-electron chi connectivity index (χ2n) is 4.17. The predicted octanol–water partition coefficient (Wildman–Crippen LogP) is 0.279. The number of rotatable bonds is 6. The monoisotopic (exact) mass is 329 g/mol. The van der Waals surface area contributed by atoms with Crippen LogP contribution in [0.3, 0.4) is 0 Å². The van der Waals surface area contributed by atoms with Crippen molar-refractivity contribution in [3.8, 4) is 0 Å². The minimum Gasteiger partial charge on any atom is -0.389 e. The molecule has 2 amide bonds. The van der Waals surface area contributed by atoms with Crippen molar-refractivity contribution in [2.45, 2.75) is 13.0 Å². The summed E-state index contributed by atoms with van der Waals surface area (Å²) >= 11 is 3.31. The first-order valence-corrected chi connectivity index (χ1v) is 6.39. The Labute approximate surface area is 119 Å². The van der Waals surface area contributed by atoms with Crippen LogP contribution >= 0.6 is 15.9 Å². The first-order valence-electron chi connectivity index (χ1n) is 5.60. The van der Waals surface area contributed by atoms with Crippen LogP contribution in [0.15, 0.2) is 22.7 Å². The second-order valence-corrected chi connectivity index (χ2v) is 5.08. The van der Waals surface area contributed by atoms with Crippen molar-refractivity contribution in [1.29, 1.82) is 0 Å². The number of halogens is 1. The van der Waals surface area contributed by atoms with Crippen LogP contribution in [0, 0.1) is 0 Å². The first kappa shape index (κ1) is 15.5. The van der Waals surface area contributed by atoms with Gasteiger partial charge in [-0.05, 0) is 19.1 Å². The number of primary amides is 2. The first-order chi connectivity index (χ1) is 8.81. The fourth-order valence-corrected chi connectivity index (χ4v) is 2.10. The number of hydrogen-bond donors (Lipinski definition) is 3. The molecule has 0 aliphatic carbocycles. The summed E-state index contributed by atoms with van der Waals surface area (Å²) in [6, 6.07) is 5.17. The average Bonchev–Trinajstić information content (AvgIpc) is 2.26. The second kappa shape index (κ2) is 6.53. The molecule has 1 rings (SSSR count). The number of carbonyl (C=O) groups excluding carboxylic acids is 2. The van der Waals surface area contributed by atoms with Crippen molar-refractivity contribution in [1.82, 2.24) is 0 Å². The Hall–Kier alpha value is -1.60. The molecule has 0 fully saturated rings. The van der Waals surface area contributed by atoms with Crippen LogP contribution in [-0.4, -0.2) is 30.0 Å². The maximum Gasteiger partial charge on any atom is 0.236 e. The smallest absolute Gasteiger partial charge is 0.236 e. The third kappa shape index (κ3) is 4.53. The quantitative estimate of drug-likeness (QED) is 0.696. The molecule has 0 aromatic heterocycles. The number of hydrogen-bond acceptors (Lipinski definition) is 4. The van der Waals surface area contributed by atoms with Crippen molar-refractivity contribution in [3.63, 3.8) is 0 Å². The van der Waals surface area contributed by atoms with E-state index in [1.54, 1.807) is 25.1 Å². The lowest BCUT2D eigenvalue weighted by Crippen LogP contribution is -2.40. The van der Waals surface area contributed by atoms with Crippen LogP contribution in [0.1, 0.15) is 18.6 Å². The zero-order chi connectivity index (χ0) is 14.6. The Bertz CT molecular complexity index is 475. The molecule has 0 spiro atoms. The number of carbonyl (C=O) groups is 2. The Balaban J connectivity index is 3.22. The molecule has 1 aromatic carbocycles. The molecule has 0 aliphatic rings.